The fourth-order valence-electron chi connectivity index (χ4n) is 1.94. The molecule has 1 rings (SSSR count). The normalized spacial score (nSPS) is 16.0. The van der Waals surface area contributed by atoms with Crippen LogP contribution in [0.15, 0.2) is 0 Å². The summed E-state index contributed by atoms with van der Waals surface area (Å²) in [4.78, 5) is 0. The topological polar surface area (TPSA) is 71.1 Å². The Morgan fingerprint density at radius 1 is 1.10 bits per heavy atom. The lowest BCUT2D eigenvalue weighted by molar-refractivity contribution is 0.147. The molecule has 1 N–H and O–H groups in total. The van der Waals surface area contributed by atoms with Crippen LogP contribution in [0.25, 0.3) is 0 Å². The highest BCUT2D eigenvalue weighted by Crippen LogP contribution is 2.18. The van der Waals surface area contributed by atoms with Gasteiger partial charge in [-0.15, -0.1) is 0 Å². The third-order valence-corrected chi connectivity index (χ3v) is 5.46. The number of methoxy groups -OCH3 is 2. The lowest BCUT2D eigenvalue weighted by Crippen LogP contribution is -2.45. The molecule has 1 fully saturated rings. The molecule has 0 unspecified atom stereocenters. The first-order valence-corrected chi connectivity index (χ1v) is 8.84. The Balaban J connectivity index is 2.42. The maximum absolute atomic E-state index is 12.5. The monoisotopic (exact) mass is 323 g/mol. The largest absolute Gasteiger partial charge is 0.383 e. The summed E-state index contributed by atoms with van der Waals surface area (Å²) in [5.74, 6) is 0. The van der Waals surface area contributed by atoms with Gasteiger partial charge in [0.15, 0.2) is 0 Å². The zero-order chi connectivity index (χ0) is 15.7. The van der Waals surface area contributed by atoms with Crippen molar-refractivity contribution in [3.8, 4) is 0 Å². The van der Waals surface area contributed by atoms with Gasteiger partial charge in [-0.3, -0.25) is 0 Å². The highest BCUT2D eigenvalue weighted by Gasteiger charge is 2.26. The van der Waals surface area contributed by atoms with Gasteiger partial charge in [0, 0.05) is 46.9 Å². The minimum absolute atomic E-state index is 0.340. The van der Waals surface area contributed by atoms with Gasteiger partial charge in [0.25, 0.3) is 10.2 Å². The molecule has 0 atom stereocenters. The Labute approximate surface area is 128 Å². The summed E-state index contributed by atoms with van der Waals surface area (Å²) in [6.45, 7) is 2.80. The van der Waals surface area contributed by atoms with E-state index < -0.39 is 10.2 Å². The van der Waals surface area contributed by atoms with Gasteiger partial charge in [-0.05, 0) is 25.8 Å². The molecule has 0 aromatic carbocycles. The fraction of sp³-hybridized carbons (Fsp3) is 1.00. The van der Waals surface area contributed by atoms with Crippen molar-refractivity contribution in [1.29, 1.82) is 0 Å². The number of nitrogens with zero attached hydrogens (tertiary/aromatic N) is 2. The van der Waals surface area contributed by atoms with Gasteiger partial charge in [-0.25, -0.2) is 0 Å². The Morgan fingerprint density at radius 3 is 2.14 bits per heavy atom. The molecule has 0 aromatic rings. The molecular formula is C13H29N3O4S. The van der Waals surface area contributed by atoms with Crippen LogP contribution >= 0.6 is 0 Å². The zero-order valence-corrected chi connectivity index (χ0v) is 14.2. The first-order chi connectivity index (χ1) is 10.0. The van der Waals surface area contributed by atoms with Crippen molar-refractivity contribution < 1.29 is 17.9 Å². The van der Waals surface area contributed by atoms with E-state index in [1.807, 2.05) is 0 Å². The summed E-state index contributed by atoms with van der Waals surface area (Å²) in [5, 5.41) is 3.39. The summed E-state index contributed by atoms with van der Waals surface area (Å²) < 4.78 is 37.8. The molecule has 0 aromatic heterocycles. The van der Waals surface area contributed by atoms with Crippen LogP contribution in [0.5, 0.6) is 0 Å². The summed E-state index contributed by atoms with van der Waals surface area (Å²) >= 11 is 0. The van der Waals surface area contributed by atoms with Crippen LogP contribution in [0.1, 0.15) is 19.3 Å². The molecular weight excluding hydrogens is 294 g/mol. The van der Waals surface area contributed by atoms with Crippen LogP contribution in [0.4, 0.5) is 0 Å². The summed E-state index contributed by atoms with van der Waals surface area (Å²) in [6, 6.07) is 0.659. The highest BCUT2D eigenvalue weighted by molar-refractivity contribution is 7.86. The van der Waals surface area contributed by atoms with E-state index in [9.17, 15) is 8.42 Å². The van der Waals surface area contributed by atoms with E-state index in [0.717, 1.165) is 13.0 Å². The van der Waals surface area contributed by atoms with Crippen molar-refractivity contribution in [1.82, 2.24) is 13.9 Å². The number of hydrogen-bond donors (Lipinski definition) is 1. The van der Waals surface area contributed by atoms with Crippen molar-refractivity contribution >= 4 is 10.2 Å². The first kappa shape index (κ1) is 18.8. The van der Waals surface area contributed by atoms with Gasteiger partial charge in [0.1, 0.15) is 0 Å². The van der Waals surface area contributed by atoms with Gasteiger partial charge >= 0.3 is 0 Å². The smallest absolute Gasteiger partial charge is 0.281 e. The predicted octanol–water partition coefficient (Wildman–Crippen LogP) is -0.100. The lowest BCUT2D eigenvalue weighted by atomic mass is 10.4. The van der Waals surface area contributed by atoms with Crippen LogP contribution < -0.4 is 5.32 Å². The molecule has 1 aliphatic rings. The van der Waals surface area contributed by atoms with E-state index in [2.05, 4.69) is 5.32 Å². The summed E-state index contributed by atoms with van der Waals surface area (Å²) in [6.07, 6.45) is 3.31. The van der Waals surface area contributed by atoms with Crippen LogP contribution in [-0.2, 0) is 19.7 Å². The Kier molecular flexibility index (Phi) is 8.69. The maximum atomic E-state index is 12.5. The maximum Gasteiger partial charge on any atom is 0.281 e. The molecule has 0 aliphatic heterocycles. The summed E-state index contributed by atoms with van der Waals surface area (Å²) in [5.41, 5.74) is 0. The van der Waals surface area contributed by atoms with Gasteiger partial charge in [-0.1, -0.05) is 0 Å². The Bertz CT molecular complexity index is 366. The van der Waals surface area contributed by atoms with Crippen LogP contribution in [-0.4, -0.2) is 83.7 Å². The van der Waals surface area contributed by atoms with Crippen molar-refractivity contribution in [2.45, 2.75) is 25.3 Å². The van der Waals surface area contributed by atoms with Crippen LogP contribution in [0, 0.1) is 0 Å². The SMILES string of the molecule is COCCN(CCOC)S(=O)(=O)N(C)CCCNC1CC1. The molecule has 0 spiro atoms. The minimum Gasteiger partial charge on any atom is -0.383 e. The quantitative estimate of drug-likeness (QED) is 0.479. The molecule has 0 radical (unpaired) electrons. The second-order valence-electron chi connectivity index (χ2n) is 5.30. The van der Waals surface area contributed by atoms with Gasteiger partial charge in [0.2, 0.25) is 0 Å². The number of hydrogen-bond acceptors (Lipinski definition) is 5. The molecule has 126 valence electrons. The van der Waals surface area contributed by atoms with E-state index >= 15 is 0 Å². The average Bonchev–Trinajstić information content (AvgIpc) is 3.27. The number of nitrogens with one attached hydrogen (secondary N) is 1. The highest BCUT2D eigenvalue weighted by atomic mass is 32.2. The Hall–Kier alpha value is -0.250. The van der Waals surface area contributed by atoms with Gasteiger partial charge in [-0.2, -0.15) is 17.0 Å². The van der Waals surface area contributed by atoms with Gasteiger partial charge < -0.3 is 14.8 Å². The molecule has 8 heteroatoms. The second-order valence-corrected chi connectivity index (χ2v) is 7.33. The zero-order valence-electron chi connectivity index (χ0n) is 13.4. The Morgan fingerprint density at radius 2 is 1.67 bits per heavy atom. The van der Waals surface area contributed by atoms with Crippen molar-refractivity contribution in [3.63, 3.8) is 0 Å². The molecule has 0 saturated heterocycles. The minimum atomic E-state index is -3.45. The average molecular weight is 323 g/mol. The number of ether oxygens (including phenoxy) is 2. The van der Waals surface area contributed by atoms with E-state index in [4.69, 9.17) is 9.47 Å². The van der Waals surface area contributed by atoms with Crippen LogP contribution in [0.3, 0.4) is 0 Å². The number of rotatable bonds is 13. The van der Waals surface area contributed by atoms with Crippen molar-refractivity contribution in [2.24, 2.45) is 0 Å². The predicted molar refractivity (Wildman–Crippen MR) is 82.5 cm³/mol. The molecule has 0 amide bonds. The lowest BCUT2D eigenvalue weighted by Gasteiger charge is -2.27. The first-order valence-electron chi connectivity index (χ1n) is 7.45. The van der Waals surface area contributed by atoms with Gasteiger partial charge in [0.05, 0.1) is 13.2 Å². The molecule has 1 aliphatic carbocycles. The molecule has 0 bridgehead atoms. The standard InChI is InChI=1S/C13H29N3O4S/c1-15(8-4-7-14-13-5-6-13)21(17,18)16(9-11-19-2)10-12-20-3/h13-14H,4-12H2,1-3H3. The molecule has 7 nitrogen and oxygen atoms in total. The van der Waals surface area contributed by atoms with E-state index in [1.54, 1.807) is 21.3 Å². The van der Waals surface area contributed by atoms with Crippen LogP contribution in [0.2, 0.25) is 0 Å². The van der Waals surface area contributed by atoms with E-state index in [1.165, 1.54) is 21.5 Å². The molecule has 21 heavy (non-hydrogen) atoms. The van der Waals surface area contributed by atoms with Crippen molar-refractivity contribution in [2.75, 3.05) is 60.7 Å². The molecule has 0 heterocycles. The van der Waals surface area contributed by atoms with E-state index in [-0.39, 0.29) is 0 Å². The second kappa shape index (κ2) is 9.70. The molecule has 1 saturated carbocycles. The van der Waals surface area contributed by atoms with E-state index in [0.29, 0.717) is 38.9 Å². The third kappa shape index (κ3) is 7.03. The fourth-order valence-corrected chi connectivity index (χ4v) is 3.30. The third-order valence-electron chi connectivity index (χ3n) is 3.47. The summed E-state index contributed by atoms with van der Waals surface area (Å²) in [7, 11) is 1.30. The van der Waals surface area contributed by atoms with Crippen molar-refractivity contribution in [3.05, 3.63) is 0 Å².